The fourth-order valence-corrected chi connectivity index (χ4v) is 1.65. The number of nitrogens with zero attached hydrogens (tertiary/aromatic N) is 1. The second-order valence-electron chi connectivity index (χ2n) is 3.27. The Morgan fingerprint density at radius 3 is 3.00 bits per heavy atom. The molecule has 78 valence electrons. The number of hydrogen-bond acceptors (Lipinski definition) is 3. The molecule has 14 heavy (non-hydrogen) atoms. The molecule has 2 N–H and O–H groups in total. The Labute approximate surface area is 92.8 Å². The lowest BCUT2D eigenvalue weighted by Crippen LogP contribution is -2.26. The smallest absolute Gasteiger partial charge is 0.0613 e. The minimum atomic E-state index is 0.110. The van der Waals surface area contributed by atoms with E-state index in [4.69, 9.17) is 10.5 Å². The summed E-state index contributed by atoms with van der Waals surface area (Å²) in [5.74, 6) is 0. The summed E-state index contributed by atoms with van der Waals surface area (Å²) in [6, 6.07) is 2.17. The van der Waals surface area contributed by atoms with Crippen LogP contribution in [0.5, 0.6) is 0 Å². The molecule has 0 fully saturated rings. The van der Waals surface area contributed by atoms with Crippen LogP contribution >= 0.6 is 15.9 Å². The number of pyridine rings is 1. The van der Waals surface area contributed by atoms with E-state index in [0.717, 1.165) is 17.3 Å². The maximum absolute atomic E-state index is 5.81. The molecule has 1 atom stereocenters. The van der Waals surface area contributed by atoms with Gasteiger partial charge in [-0.15, -0.1) is 0 Å². The third-order valence-corrected chi connectivity index (χ3v) is 2.38. The number of methoxy groups -OCH3 is 1. The molecule has 0 aliphatic rings. The molecule has 0 aromatic carbocycles. The molecule has 1 heterocycles. The fraction of sp³-hybridized carbons (Fsp3) is 0.500. The molecule has 0 amide bonds. The lowest BCUT2D eigenvalue weighted by atomic mass is 10.1. The lowest BCUT2D eigenvalue weighted by molar-refractivity contribution is 0.177. The van der Waals surface area contributed by atoms with Crippen LogP contribution in [-0.2, 0) is 11.2 Å². The largest absolute Gasteiger partial charge is 0.383 e. The van der Waals surface area contributed by atoms with Crippen molar-refractivity contribution in [2.75, 3.05) is 13.7 Å². The molecule has 0 bridgehead atoms. The Hall–Kier alpha value is -0.450. The van der Waals surface area contributed by atoms with Crippen LogP contribution in [0, 0.1) is 0 Å². The van der Waals surface area contributed by atoms with Gasteiger partial charge in [0.2, 0.25) is 0 Å². The molecule has 0 saturated carbocycles. The molecule has 1 rings (SSSR count). The fourth-order valence-electron chi connectivity index (χ4n) is 1.24. The van der Waals surface area contributed by atoms with Crippen LogP contribution in [0.15, 0.2) is 22.9 Å². The zero-order chi connectivity index (χ0) is 10.4. The van der Waals surface area contributed by atoms with Crippen LogP contribution in [0.2, 0.25) is 0 Å². The minimum Gasteiger partial charge on any atom is -0.383 e. The summed E-state index contributed by atoms with van der Waals surface area (Å²) in [6.45, 7) is 0.613. The molecule has 0 aliphatic carbocycles. The highest BCUT2D eigenvalue weighted by Gasteiger charge is 2.02. The molecule has 0 spiro atoms. The molecule has 0 saturated heterocycles. The minimum absolute atomic E-state index is 0.110. The SMILES string of the molecule is COCC(N)CCc1cncc(Br)c1. The number of nitrogens with two attached hydrogens (primary N) is 1. The van der Waals surface area contributed by atoms with Crippen LogP contribution < -0.4 is 5.73 Å². The van der Waals surface area contributed by atoms with E-state index in [9.17, 15) is 0 Å². The van der Waals surface area contributed by atoms with Gasteiger partial charge < -0.3 is 10.5 Å². The van der Waals surface area contributed by atoms with Crippen molar-refractivity contribution in [2.45, 2.75) is 18.9 Å². The Kier molecular flexibility index (Phi) is 5.07. The predicted octanol–water partition coefficient (Wildman–Crippen LogP) is 1.75. The van der Waals surface area contributed by atoms with Gasteiger partial charge in [-0.2, -0.15) is 0 Å². The van der Waals surface area contributed by atoms with Gasteiger partial charge in [0, 0.05) is 30.0 Å². The molecule has 0 radical (unpaired) electrons. The summed E-state index contributed by atoms with van der Waals surface area (Å²) in [5, 5.41) is 0. The van der Waals surface area contributed by atoms with Crippen LogP contribution in [0.25, 0.3) is 0 Å². The van der Waals surface area contributed by atoms with Crippen molar-refractivity contribution in [3.63, 3.8) is 0 Å². The van der Waals surface area contributed by atoms with Crippen LogP contribution in [0.3, 0.4) is 0 Å². The van der Waals surface area contributed by atoms with E-state index in [0.29, 0.717) is 6.61 Å². The Bertz CT molecular complexity index is 281. The second kappa shape index (κ2) is 6.11. The quantitative estimate of drug-likeness (QED) is 0.876. The maximum Gasteiger partial charge on any atom is 0.0613 e. The van der Waals surface area contributed by atoms with Crippen LogP contribution in [-0.4, -0.2) is 24.7 Å². The van der Waals surface area contributed by atoms with E-state index >= 15 is 0 Å². The predicted molar refractivity (Wildman–Crippen MR) is 60.1 cm³/mol. The second-order valence-corrected chi connectivity index (χ2v) is 4.18. The van der Waals surface area contributed by atoms with Crippen LogP contribution in [0.4, 0.5) is 0 Å². The zero-order valence-electron chi connectivity index (χ0n) is 8.24. The van der Waals surface area contributed by atoms with Gasteiger partial charge in [0.25, 0.3) is 0 Å². The molecular formula is C10H15BrN2O. The highest BCUT2D eigenvalue weighted by atomic mass is 79.9. The first-order chi connectivity index (χ1) is 6.72. The van der Waals surface area contributed by atoms with Crippen molar-refractivity contribution in [3.8, 4) is 0 Å². The average molecular weight is 259 g/mol. The van der Waals surface area contributed by atoms with E-state index in [1.807, 2.05) is 6.20 Å². The summed E-state index contributed by atoms with van der Waals surface area (Å²) in [5.41, 5.74) is 7.01. The summed E-state index contributed by atoms with van der Waals surface area (Å²) in [7, 11) is 1.67. The van der Waals surface area contributed by atoms with Gasteiger partial charge in [-0.3, -0.25) is 4.98 Å². The summed E-state index contributed by atoms with van der Waals surface area (Å²) in [6.07, 6.45) is 5.51. The summed E-state index contributed by atoms with van der Waals surface area (Å²) in [4.78, 5) is 4.09. The molecule has 1 aromatic rings. The molecule has 3 nitrogen and oxygen atoms in total. The first-order valence-electron chi connectivity index (χ1n) is 4.56. The maximum atomic E-state index is 5.81. The van der Waals surface area contributed by atoms with Gasteiger partial charge >= 0.3 is 0 Å². The first kappa shape index (κ1) is 11.6. The first-order valence-corrected chi connectivity index (χ1v) is 5.35. The molecular weight excluding hydrogens is 244 g/mol. The molecule has 0 aliphatic heterocycles. The van der Waals surface area contributed by atoms with Crippen molar-refractivity contribution in [3.05, 3.63) is 28.5 Å². The van der Waals surface area contributed by atoms with E-state index in [2.05, 4.69) is 27.0 Å². The summed E-state index contributed by atoms with van der Waals surface area (Å²) >= 11 is 3.38. The number of ether oxygens (including phenoxy) is 1. The zero-order valence-corrected chi connectivity index (χ0v) is 9.83. The number of aromatic nitrogens is 1. The lowest BCUT2D eigenvalue weighted by Gasteiger charge is -2.09. The molecule has 1 unspecified atom stereocenters. The number of halogens is 1. The van der Waals surface area contributed by atoms with Crippen molar-refractivity contribution >= 4 is 15.9 Å². The highest BCUT2D eigenvalue weighted by molar-refractivity contribution is 9.10. The van der Waals surface area contributed by atoms with E-state index in [1.165, 1.54) is 5.56 Å². The monoisotopic (exact) mass is 258 g/mol. The normalized spacial score (nSPS) is 12.8. The average Bonchev–Trinajstić information content (AvgIpc) is 2.15. The van der Waals surface area contributed by atoms with Gasteiger partial charge in [-0.05, 0) is 40.4 Å². The number of rotatable bonds is 5. The van der Waals surface area contributed by atoms with Crippen molar-refractivity contribution < 1.29 is 4.74 Å². The van der Waals surface area contributed by atoms with Gasteiger partial charge in [0.1, 0.15) is 0 Å². The standard InChI is InChI=1S/C10H15BrN2O/c1-14-7-10(12)3-2-8-4-9(11)6-13-5-8/h4-6,10H,2-3,7,12H2,1H3. The number of aryl methyl sites for hydroxylation is 1. The van der Waals surface area contributed by atoms with Crippen molar-refractivity contribution in [1.29, 1.82) is 0 Å². The van der Waals surface area contributed by atoms with Gasteiger partial charge in [-0.1, -0.05) is 0 Å². The van der Waals surface area contributed by atoms with Gasteiger partial charge in [0.15, 0.2) is 0 Å². The topological polar surface area (TPSA) is 48.1 Å². The Morgan fingerprint density at radius 1 is 1.57 bits per heavy atom. The third-order valence-electron chi connectivity index (χ3n) is 1.95. The Morgan fingerprint density at radius 2 is 2.36 bits per heavy atom. The van der Waals surface area contributed by atoms with Gasteiger partial charge in [0.05, 0.1) is 6.61 Å². The third kappa shape index (κ3) is 4.17. The highest BCUT2D eigenvalue weighted by Crippen LogP contribution is 2.11. The van der Waals surface area contributed by atoms with Gasteiger partial charge in [-0.25, -0.2) is 0 Å². The van der Waals surface area contributed by atoms with Crippen LogP contribution in [0.1, 0.15) is 12.0 Å². The van der Waals surface area contributed by atoms with E-state index in [-0.39, 0.29) is 6.04 Å². The number of hydrogen-bond donors (Lipinski definition) is 1. The molecule has 4 heteroatoms. The summed E-state index contributed by atoms with van der Waals surface area (Å²) < 4.78 is 5.98. The molecule has 1 aromatic heterocycles. The van der Waals surface area contributed by atoms with Crippen molar-refractivity contribution in [2.24, 2.45) is 5.73 Å². The van der Waals surface area contributed by atoms with E-state index < -0.39 is 0 Å². The van der Waals surface area contributed by atoms with Crippen molar-refractivity contribution in [1.82, 2.24) is 4.98 Å². The Balaban J connectivity index is 2.37. The van der Waals surface area contributed by atoms with E-state index in [1.54, 1.807) is 13.3 Å².